The fraction of sp³-hybridized carbons (Fsp3) is 0.0833. The average molecular weight is 295 g/mol. The van der Waals surface area contributed by atoms with Gasteiger partial charge in [0.05, 0.1) is 4.92 Å². The second-order valence-corrected chi connectivity index (χ2v) is 5.63. The first-order chi connectivity index (χ1) is 9.06. The van der Waals surface area contributed by atoms with Gasteiger partial charge in [0.2, 0.25) is 0 Å². The number of nitrogens with zero attached hydrogens (tertiary/aromatic N) is 1. The quantitative estimate of drug-likeness (QED) is 0.517. The number of carboxylic acids is 1. The molecule has 0 saturated heterocycles. The van der Waals surface area contributed by atoms with E-state index in [1.807, 2.05) is 6.07 Å². The summed E-state index contributed by atoms with van der Waals surface area (Å²) in [6.07, 6.45) is 0. The van der Waals surface area contributed by atoms with Crippen molar-refractivity contribution in [2.24, 2.45) is 0 Å². The maximum absolute atomic E-state index is 10.7. The molecule has 0 unspecified atom stereocenters. The summed E-state index contributed by atoms with van der Waals surface area (Å²) in [5, 5.41) is 21.2. The molecule has 0 bridgehead atoms. The van der Waals surface area contributed by atoms with Crippen molar-refractivity contribution in [2.45, 2.75) is 10.6 Å². The smallest absolute Gasteiger partial charge is 0.345 e. The van der Waals surface area contributed by atoms with Gasteiger partial charge in [0.1, 0.15) is 4.88 Å². The van der Waals surface area contributed by atoms with Crippen LogP contribution in [-0.2, 0) is 5.75 Å². The summed E-state index contributed by atoms with van der Waals surface area (Å²) in [5.74, 6) is -0.371. The molecule has 1 aromatic heterocycles. The lowest BCUT2D eigenvalue weighted by atomic mass is 10.2. The number of benzene rings is 1. The first kappa shape index (κ1) is 13.6. The number of thioether (sulfide) groups is 1. The Hall–Kier alpha value is -1.86. The van der Waals surface area contributed by atoms with Gasteiger partial charge in [-0.2, -0.15) is 0 Å². The highest BCUT2D eigenvalue weighted by Gasteiger charge is 2.09. The molecule has 2 aromatic rings. The molecule has 1 aromatic carbocycles. The predicted octanol–water partition coefficient (Wildman–Crippen LogP) is 3.65. The van der Waals surface area contributed by atoms with Crippen LogP contribution in [0.5, 0.6) is 0 Å². The van der Waals surface area contributed by atoms with E-state index in [2.05, 4.69) is 0 Å². The molecular formula is C12H9NO4S2. The minimum atomic E-state index is -0.938. The topological polar surface area (TPSA) is 80.4 Å². The number of carboxylic acid groups (broad SMARTS) is 1. The molecule has 0 aliphatic heterocycles. The molecule has 0 amide bonds. The molecule has 7 heteroatoms. The second kappa shape index (κ2) is 5.85. The van der Waals surface area contributed by atoms with Crippen LogP contribution >= 0.6 is 23.1 Å². The first-order valence-electron chi connectivity index (χ1n) is 5.24. The maximum atomic E-state index is 10.7. The monoisotopic (exact) mass is 295 g/mol. The van der Waals surface area contributed by atoms with Gasteiger partial charge < -0.3 is 5.11 Å². The van der Waals surface area contributed by atoms with Gasteiger partial charge >= 0.3 is 5.97 Å². The van der Waals surface area contributed by atoms with Crippen molar-refractivity contribution in [2.75, 3.05) is 0 Å². The number of nitro groups is 1. The predicted molar refractivity (Wildman–Crippen MR) is 73.9 cm³/mol. The van der Waals surface area contributed by atoms with E-state index >= 15 is 0 Å². The lowest BCUT2D eigenvalue weighted by Crippen LogP contribution is -1.90. The molecular weight excluding hydrogens is 286 g/mol. The summed E-state index contributed by atoms with van der Waals surface area (Å²) < 4.78 is 0. The maximum Gasteiger partial charge on any atom is 0.345 e. The van der Waals surface area contributed by atoms with Crippen molar-refractivity contribution in [3.63, 3.8) is 0 Å². The van der Waals surface area contributed by atoms with Crippen molar-refractivity contribution in [3.8, 4) is 0 Å². The third kappa shape index (κ3) is 3.55. The Kier molecular flexibility index (Phi) is 4.18. The van der Waals surface area contributed by atoms with E-state index in [-0.39, 0.29) is 5.69 Å². The Morgan fingerprint density at radius 2 is 2.21 bits per heavy atom. The Balaban J connectivity index is 2.03. The lowest BCUT2D eigenvalue weighted by Gasteiger charge is -1.99. The SMILES string of the molecule is O=C(O)c1cc(SCc2cccc([N+](=O)[O-])c2)cs1. The average Bonchev–Trinajstić information content (AvgIpc) is 2.85. The third-order valence-corrected chi connectivity index (χ3v) is 4.43. The van der Waals surface area contributed by atoms with E-state index in [0.717, 1.165) is 10.5 Å². The molecule has 1 heterocycles. The minimum Gasteiger partial charge on any atom is -0.477 e. The Labute approximate surface area is 117 Å². The molecule has 2 rings (SSSR count). The van der Waals surface area contributed by atoms with Crippen LogP contribution in [0.15, 0.2) is 40.6 Å². The minimum absolute atomic E-state index is 0.0645. The Morgan fingerprint density at radius 1 is 1.42 bits per heavy atom. The number of hydrogen-bond acceptors (Lipinski definition) is 5. The van der Waals surface area contributed by atoms with Gasteiger partial charge in [0.15, 0.2) is 0 Å². The molecule has 0 atom stereocenters. The number of thiophene rings is 1. The standard InChI is InChI=1S/C12H9NO4S2/c14-12(15)11-5-10(7-19-11)18-6-8-2-1-3-9(4-8)13(16)17/h1-5,7H,6H2,(H,14,15). The molecule has 0 fully saturated rings. The largest absolute Gasteiger partial charge is 0.477 e. The van der Waals surface area contributed by atoms with E-state index in [0.29, 0.717) is 10.6 Å². The second-order valence-electron chi connectivity index (χ2n) is 3.67. The van der Waals surface area contributed by atoms with Gasteiger partial charge in [0, 0.05) is 28.2 Å². The van der Waals surface area contributed by atoms with Crippen LogP contribution in [0.4, 0.5) is 5.69 Å². The van der Waals surface area contributed by atoms with Gasteiger partial charge in [0.25, 0.3) is 5.69 Å². The van der Waals surface area contributed by atoms with Crippen molar-refractivity contribution >= 4 is 34.8 Å². The fourth-order valence-corrected chi connectivity index (χ4v) is 3.25. The van der Waals surface area contributed by atoms with Gasteiger partial charge in [-0.05, 0) is 11.6 Å². The zero-order valence-corrected chi connectivity index (χ0v) is 11.2. The van der Waals surface area contributed by atoms with Crippen molar-refractivity contribution < 1.29 is 14.8 Å². The van der Waals surface area contributed by atoms with Crippen molar-refractivity contribution in [3.05, 3.63) is 56.3 Å². The van der Waals surface area contributed by atoms with Crippen LogP contribution in [0.3, 0.4) is 0 Å². The summed E-state index contributed by atoms with van der Waals surface area (Å²) in [7, 11) is 0. The molecule has 19 heavy (non-hydrogen) atoms. The summed E-state index contributed by atoms with van der Waals surface area (Å²) in [6.45, 7) is 0. The van der Waals surface area contributed by atoms with E-state index in [1.54, 1.807) is 17.5 Å². The Morgan fingerprint density at radius 3 is 2.84 bits per heavy atom. The highest BCUT2D eigenvalue weighted by molar-refractivity contribution is 7.98. The van der Waals surface area contributed by atoms with Crippen molar-refractivity contribution in [1.29, 1.82) is 0 Å². The Bertz CT molecular complexity index is 624. The first-order valence-corrected chi connectivity index (χ1v) is 7.11. The number of non-ortho nitro benzene ring substituents is 1. The summed E-state index contributed by atoms with van der Waals surface area (Å²) in [6, 6.07) is 8.03. The van der Waals surface area contributed by atoms with E-state index in [9.17, 15) is 14.9 Å². The molecule has 5 nitrogen and oxygen atoms in total. The normalized spacial score (nSPS) is 10.3. The number of carbonyl (C=O) groups is 1. The molecule has 0 radical (unpaired) electrons. The molecule has 0 saturated carbocycles. The lowest BCUT2D eigenvalue weighted by molar-refractivity contribution is -0.384. The third-order valence-electron chi connectivity index (χ3n) is 2.31. The molecule has 0 spiro atoms. The zero-order valence-electron chi connectivity index (χ0n) is 9.61. The van der Waals surface area contributed by atoms with E-state index < -0.39 is 10.9 Å². The number of nitro benzene ring substituents is 1. The van der Waals surface area contributed by atoms with E-state index in [4.69, 9.17) is 5.11 Å². The fourth-order valence-electron chi connectivity index (χ4n) is 1.43. The van der Waals surface area contributed by atoms with Gasteiger partial charge in [-0.25, -0.2) is 4.79 Å². The van der Waals surface area contributed by atoms with Gasteiger partial charge in [-0.15, -0.1) is 23.1 Å². The van der Waals surface area contributed by atoms with Crippen LogP contribution in [0.25, 0.3) is 0 Å². The van der Waals surface area contributed by atoms with Gasteiger partial charge in [-0.1, -0.05) is 12.1 Å². The van der Waals surface area contributed by atoms with Crippen LogP contribution in [0.1, 0.15) is 15.2 Å². The van der Waals surface area contributed by atoms with Crippen LogP contribution in [0.2, 0.25) is 0 Å². The van der Waals surface area contributed by atoms with Crippen LogP contribution < -0.4 is 0 Å². The highest BCUT2D eigenvalue weighted by Crippen LogP contribution is 2.28. The summed E-state index contributed by atoms with van der Waals surface area (Å²) in [5.41, 5.74) is 0.900. The summed E-state index contributed by atoms with van der Waals surface area (Å²) in [4.78, 5) is 22.1. The molecule has 1 N–H and O–H groups in total. The number of hydrogen-bond donors (Lipinski definition) is 1. The van der Waals surface area contributed by atoms with Gasteiger partial charge in [-0.3, -0.25) is 10.1 Å². The van der Waals surface area contributed by atoms with Crippen molar-refractivity contribution in [1.82, 2.24) is 0 Å². The van der Waals surface area contributed by atoms with Crippen LogP contribution in [0, 0.1) is 10.1 Å². The van der Waals surface area contributed by atoms with E-state index in [1.165, 1.54) is 35.2 Å². The van der Waals surface area contributed by atoms with Crippen LogP contribution in [-0.4, -0.2) is 16.0 Å². The molecule has 0 aliphatic carbocycles. The number of rotatable bonds is 5. The number of aromatic carboxylic acids is 1. The highest BCUT2D eigenvalue weighted by atomic mass is 32.2. The molecule has 98 valence electrons. The summed E-state index contributed by atoms with van der Waals surface area (Å²) >= 11 is 2.63. The molecule has 0 aliphatic rings. The zero-order chi connectivity index (χ0) is 13.8.